The third kappa shape index (κ3) is 1.78. The molecule has 1 amide bonds. The number of rotatable bonds is 3. The first-order chi connectivity index (χ1) is 7.97. The quantitative estimate of drug-likeness (QED) is 0.846. The lowest BCUT2D eigenvalue weighted by molar-refractivity contribution is 0.0998. The zero-order valence-corrected chi connectivity index (χ0v) is 9.94. The number of amides is 1. The lowest BCUT2D eigenvalue weighted by atomic mass is 10.2. The molecule has 2 N–H and O–H groups in total. The van der Waals surface area contributed by atoms with E-state index in [0.29, 0.717) is 5.52 Å². The number of fused-ring (bicyclic) bond motifs is 1. The van der Waals surface area contributed by atoms with E-state index in [1.54, 1.807) is 24.4 Å². The Morgan fingerprint density at radius 3 is 2.76 bits per heavy atom. The Morgan fingerprint density at radius 2 is 2.18 bits per heavy atom. The first kappa shape index (κ1) is 11.6. The number of nitrogens with two attached hydrogens (primary N) is 1. The predicted molar refractivity (Wildman–Crippen MR) is 61.4 cm³/mol. The van der Waals surface area contributed by atoms with Crippen molar-refractivity contribution in [3.05, 3.63) is 30.0 Å². The molecular weight excluding hydrogens is 242 g/mol. The second kappa shape index (κ2) is 3.85. The minimum atomic E-state index is -3.57. The monoisotopic (exact) mass is 253 g/mol. The third-order valence-corrected chi connectivity index (χ3v) is 4.06. The van der Waals surface area contributed by atoms with Gasteiger partial charge in [0.1, 0.15) is 5.56 Å². The van der Waals surface area contributed by atoms with E-state index < -0.39 is 15.7 Å². The summed E-state index contributed by atoms with van der Waals surface area (Å²) in [4.78, 5) is 11.4. The van der Waals surface area contributed by atoms with E-state index in [4.69, 9.17) is 5.73 Å². The number of carbonyl (C=O) groups is 1. The summed E-state index contributed by atoms with van der Waals surface area (Å²) in [5.74, 6) is -0.921. The van der Waals surface area contributed by atoms with Crippen molar-refractivity contribution in [3.8, 4) is 0 Å². The van der Waals surface area contributed by atoms with E-state index in [2.05, 4.69) is 5.10 Å². The summed E-state index contributed by atoms with van der Waals surface area (Å²) in [7, 11) is -3.57. The topological polar surface area (TPSA) is 94.5 Å². The smallest absolute Gasteiger partial charge is 0.253 e. The molecule has 0 aliphatic carbocycles. The second-order valence-electron chi connectivity index (χ2n) is 3.48. The van der Waals surface area contributed by atoms with Gasteiger partial charge in [-0.15, -0.1) is 0 Å². The molecule has 0 saturated heterocycles. The molecule has 0 saturated carbocycles. The molecule has 2 heterocycles. The Balaban J connectivity index is 2.89. The van der Waals surface area contributed by atoms with Crippen LogP contribution in [-0.2, 0) is 9.84 Å². The molecule has 7 heteroatoms. The van der Waals surface area contributed by atoms with Crippen LogP contribution < -0.4 is 5.73 Å². The van der Waals surface area contributed by atoms with Crippen LogP contribution in [0.4, 0.5) is 0 Å². The molecule has 0 radical (unpaired) electrons. The van der Waals surface area contributed by atoms with Crippen molar-refractivity contribution in [1.29, 1.82) is 0 Å². The van der Waals surface area contributed by atoms with Gasteiger partial charge in [-0.3, -0.25) is 4.79 Å². The molecule has 0 atom stereocenters. The van der Waals surface area contributed by atoms with Gasteiger partial charge in [-0.25, -0.2) is 12.9 Å². The minimum absolute atomic E-state index is 0.0487. The van der Waals surface area contributed by atoms with Crippen molar-refractivity contribution in [2.45, 2.75) is 11.9 Å². The first-order valence-corrected chi connectivity index (χ1v) is 6.62. The summed E-state index contributed by atoms with van der Waals surface area (Å²) in [6, 6.07) is 4.97. The summed E-state index contributed by atoms with van der Waals surface area (Å²) in [6.45, 7) is 1.49. The van der Waals surface area contributed by atoms with E-state index in [-0.39, 0.29) is 16.3 Å². The number of primary amides is 1. The molecule has 2 rings (SSSR count). The van der Waals surface area contributed by atoms with Crippen molar-refractivity contribution in [3.63, 3.8) is 0 Å². The molecule has 0 fully saturated rings. The summed E-state index contributed by atoms with van der Waals surface area (Å²) in [5.41, 5.74) is 5.57. The van der Waals surface area contributed by atoms with Gasteiger partial charge in [-0.1, -0.05) is 13.0 Å². The molecule has 0 aromatic carbocycles. The van der Waals surface area contributed by atoms with Crippen LogP contribution >= 0.6 is 0 Å². The molecule has 17 heavy (non-hydrogen) atoms. The predicted octanol–water partition coefficient (Wildman–Crippen LogP) is 0.227. The fourth-order valence-corrected chi connectivity index (χ4v) is 2.57. The summed E-state index contributed by atoms with van der Waals surface area (Å²) >= 11 is 0. The van der Waals surface area contributed by atoms with Gasteiger partial charge in [0.15, 0.2) is 14.9 Å². The van der Waals surface area contributed by atoms with Crippen LogP contribution in [0.5, 0.6) is 0 Å². The average molecular weight is 253 g/mol. The van der Waals surface area contributed by atoms with Crippen molar-refractivity contribution < 1.29 is 13.2 Å². The summed E-state index contributed by atoms with van der Waals surface area (Å²) in [6.07, 6.45) is 1.57. The van der Waals surface area contributed by atoms with Crippen molar-refractivity contribution in [2.24, 2.45) is 5.73 Å². The van der Waals surface area contributed by atoms with Gasteiger partial charge in [-0.05, 0) is 12.1 Å². The van der Waals surface area contributed by atoms with Gasteiger partial charge in [0, 0.05) is 6.20 Å². The largest absolute Gasteiger partial charge is 0.365 e. The van der Waals surface area contributed by atoms with Crippen LogP contribution in [0.3, 0.4) is 0 Å². The number of carbonyl (C=O) groups excluding carboxylic acids is 1. The highest BCUT2D eigenvalue weighted by Gasteiger charge is 2.26. The average Bonchev–Trinajstić information content (AvgIpc) is 2.68. The Bertz CT molecular complexity index is 688. The van der Waals surface area contributed by atoms with Gasteiger partial charge in [0.25, 0.3) is 5.91 Å². The van der Waals surface area contributed by atoms with Gasteiger partial charge in [0.2, 0.25) is 0 Å². The van der Waals surface area contributed by atoms with Gasteiger partial charge < -0.3 is 5.73 Å². The van der Waals surface area contributed by atoms with Gasteiger partial charge in [-0.2, -0.15) is 5.10 Å². The first-order valence-electron chi connectivity index (χ1n) is 4.97. The van der Waals surface area contributed by atoms with E-state index in [0.717, 1.165) is 0 Å². The van der Waals surface area contributed by atoms with Crippen molar-refractivity contribution in [2.75, 3.05) is 5.75 Å². The molecule has 90 valence electrons. The molecule has 6 nitrogen and oxygen atoms in total. The SMILES string of the molecule is CCS(=O)(=O)c1nn2ccccc2c1C(N)=O. The number of sulfone groups is 1. The van der Waals surface area contributed by atoms with Crippen LogP contribution in [-0.4, -0.2) is 29.7 Å². The Morgan fingerprint density at radius 1 is 1.47 bits per heavy atom. The van der Waals surface area contributed by atoms with E-state index >= 15 is 0 Å². The zero-order valence-electron chi connectivity index (χ0n) is 9.12. The maximum atomic E-state index is 11.8. The number of pyridine rings is 1. The molecule has 2 aromatic rings. The van der Waals surface area contributed by atoms with E-state index in [9.17, 15) is 13.2 Å². The van der Waals surface area contributed by atoms with E-state index in [1.165, 1.54) is 11.4 Å². The standard InChI is InChI=1S/C10H11N3O3S/c1-2-17(15,16)10-8(9(11)14)7-5-3-4-6-13(7)12-10/h3-6H,2H2,1H3,(H2,11,14). The highest BCUT2D eigenvalue weighted by atomic mass is 32.2. The summed E-state index contributed by atoms with van der Waals surface area (Å²) in [5, 5.41) is 3.65. The fraction of sp³-hybridized carbons (Fsp3) is 0.200. The van der Waals surface area contributed by atoms with Crippen LogP contribution in [0.1, 0.15) is 17.3 Å². The molecule has 0 aliphatic rings. The summed E-state index contributed by atoms with van der Waals surface area (Å²) < 4.78 is 25.0. The third-order valence-electron chi connectivity index (χ3n) is 2.43. The van der Waals surface area contributed by atoms with Gasteiger partial charge in [0.05, 0.1) is 11.3 Å². The van der Waals surface area contributed by atoms with Gasteiger partial charge >= 0.3 is 0 Å². The number of hydrogen-bond donors (Lipinski definition) is 1. The fourth-order valence-electron chi connectivity index (χ4n) is 1.56. The Hall–Kier alpha value is -1.89. The number of hydrogen-bond acceptors (Lipinski definition) is 4. The molecule has 0 unspecified atom stereocenters. The lowest BCUT2D eigenvalue weighted by Gasteiger charge is -1.97. The molecule has 0 bridgehead atoms. The Kier molecular flexibility index (Phi) is 2.62. The van der Waals surface area contributed by atoms with E-state index in [1.807, 2.05) is 0 Å². The normalized spacial score (nSPS) is 11.8. The molecule has 2 aromatic heterocycles. The van der Waals surface area contributed by atoms with Crippen molar-refractivity contribution >= 4 is 21.3 Å². The van der Waals surface area contributed by atoms with Crippen molar-refractivity contribution in [1.82, 2.24) is 9.61 Å². The molecule has 0 aliphatic heterocycles. The number of aromatic nitrogens is 2. The maximum Gasteiger partial charge on any atom is 0.253 e. The second-order valence-corrected chi connectivity index (χ2v) is 5.67. The molecule has 0 spiro atoms. The van der Waals surface area contributed by atoms with Crippen LogP contribution in [0.25, 0.3) is 5.52 Å². The zero-order chi connectivity index (χ0) is 12.6. The lowest BCUT2D eigenvalue weighted by Crippen LogP contribution is -2.16. The number of nitrogens with zero attached hydrogens (tertiary/aromatic N) is 2. The van der Waals surface area contributed by atoms with Crippen LogP contribution in [0.15, 0.2) is 29.4 Å². The highest BCUT2D eigenvalue weighted by molar-refractivity contribution is 7.91. The molecular formula is C10H11N3O3S. The van der Waals surface area contributed by atoms with Crippen LogP contribution in [0, 0.1) is 0 Å². The van der Waals surface area contributed by atoms with Crippen LogP contribution in [0.2, 0.25) is 0 Å². The maximum absolute atomic E-state index is 11.8. The minimum Gasteiger partial charge on any atom is -0.365 e. The Labute approximate surface area is 98.0 Å². The highest BCUT2D eigenvalue weighted by Crippen LogP contribution is 2.20.